The summed E-state index contributed by atoms with van der Waals surface area (Å²) >= 11 is 0. The summed E-state index contributed by atoms with van der Waals surface area (Å²) in [6, 6.07) is 2.03. The van der Waals surface area contributed by atoms with Crippen molar-refractivity contribution in [3.63, 3.8) is 0 Å². The summed E-state index contributed by atoms with van der Waals surface area (Å²) in [6.07, 6.45) is 1.83. The topological polar surface area (TPSA) is 56.7 Å². The number of nitrogens with two attached hydrogens (primary N) is 1. The van der Waals surface area contributed by atoms with Crippen molar-refractivity contribution in [1.29, 1.82) is 0 Å². The molecule has 2 aromatic rings. The Bertz CT molecular complexity index is 555. The third-order valence-corrected chi connectivity index (χ3v) is 3.20. The highest BCUT2D eigenvalue weighted by Crippen LogP contribution is 2.20. The highest BCUT2D eigenvalue weighted by Gasteiger charge is 2.12. The maximum Gasteiger partial charge on any atom is 0.0727 e. The van der Waals surface area contributed by atoms with Crippen LogP contribution in [0.2, 0.25) is 0 Å². The van der Waals surface area contributed by atoms with Crippen LogP contribution in [0, 0.1) is 27.7 Å². The van der Waals surface area contributed by atoms with Crippen LogP contribution in [-0.2, 0) is 6.54 Å². The Morgan fingerprint density at radius 3 is 2.47 bits per heavy atom. The van der Waals surface area contributed by atoms with E-state index in [9.17, 15) is 0 Å². The van der Waals surface area contributed by atoms with Gasteiger partial charge in [0.15, 0.2) is 0 Å². The van der Waals surface area contributed by atoms with E-state index in [1.807, 2.05) is 30.8 Å². The Hall–Kier alpha value is -1.68. The molecule has 4 nitrogen and oxygen atoms in total. The molecule has 0 saturated carbocycles. The maximum absolute atomic E-state index is 5.75. The van der Waals surface area contributed by atoms with E-state index in [1.165, 1.54) is 5.56 Å². The van der Waals surface area contributed by atoms with Crippen LogP contribution >= 0.6 is 0 Å². The first-order valence-corrected chi connectivity index (χ1v) is 5.73. The average Bonchev–Trinajstić information content (AvgIpc) is 2.57. The van der Waals surface area contributed by atoms with E-state index in [-0.39, 0.29) is 0 Å². The van der Waals surface area contributed by atoms with Crippen molar-refractivity contribution in [2.75, 3.05) is 0 Å². The van der Waals surface area contributed by atoms with Gasteiger partial charge in [0.1, 0.15) is 0 Å². The average molecular weight is 230 g/mol. The number of pyridine rings is 1. The minimum atomic E-state index is 0.472. The Morgan fingerprint density at radius 2 is 1.94 bits per heavy atom. The van der Waals surface area contributed by atoms with Crippen LogP contribution in [0.15, 0.2) is 12.3 Å². The van der Waals surface area contributed by atoms with Gasteiger partial charge in [0, 0.05) is 29.7 Å². The molecule has 0 amide bonds. The maximum atomic E-state index is 5.75. The van der Waals surface area contributed by atoms with E-state index in [0.29, 0.717) is 6.54 Å². The zero-order valence-corrected chi connectivity index (χ0v) is 10.8. The summed E-state index contributed by atoms with van der Waals surface area (Å²) in [4.78, 5) is 4.27. The Kier molecular flexibility index (Phi) is 2.98. The van der Waals surface area contributed by atoms with E-state index in [2.05, 4.69) is 23.9 Å². The summed E-state index contributed by atoms with van der Waals surface area (Å²) < 4.78 is 1.96. The summed E-state index contributed by atoms with van der Waals surface area (Å²) in [5.41, 5.74) is 12.2. The lowest BCUT2D eigenvalue weighted by molar-refractivity contribution is 0.811. The van der Waals surface area contributed by atoms with Gasteiger partial charge in [-0.05, 0) is 39.3 Å². The summed E-state index contributed by atoms with van der Waals surface area (Å²) in [5.74, 6) is 0. The van der Waals surface area contributed by atoms with Crippen molar-refractivity contribution < 1.29 is 0 Å². The molecule has 4 heteroatoms. The fraction of sp³-hybridized carbons (Fsp3) is 0.385. The minimum absolute atomic E-state index is 0.472. The second-order valence-electron chi connectivity index (χ2n) is 4.37. The number of nitrogens with zero attached hydrogens (tertiary/aromatic N) is 3. The van der Waals surface area contributed by atoms with Crippen LogP contribution in [-0.4, -0.2) is 14.8 Å². The molecule has 0 fully saturated rings. The van der Waals surface area contributed by atoms with E-state index in [1.54, 1.807) is 0 Å². The van der Waals surface area contributed by atoms with Crippen molar-refractivity contribution in [2.45, 2.75) is 34.2 Å². The monoisotopic (exact) mass is 230 g/mol. The third-order valence-electron chi connectivity index (χ3n) is 3.20. The van der Waals surface area contributed by atoms with Crippen LogP contribution in [0.25, 0.3) is 5.69 Å². The number of hydrogen-bond donors (Lipinski definition) is 1. The first-order valence-electron chi connectivity index (χ1n) is 5.73. The van der Waals surface area contributed by atoms with Gasteiger partial charge < -0.3 is 5.73 Å². The second kappa shape index (κ2) is 4.30. The molecule has 0 aromatic carbocycles. The van der Waals surface area contributed by atoms with Gasteiger partial charge in [-0.1, -0.05) is 0 Å². The quantitative estimate of drug-likeness (QED) is 0.858. The van der Waals surface area contributed by atoms with E-state index in [4.69, 9.17) is 5.73 Å². The van der Waals surface area contributed by atoms with Gasteiger partial charge in [0.2, 0.25) is 0 Å². The molecule has 0 atom stereocenters. The normalized spacial score (nSPS) is 10.9. The molecule has 0 aliphatic carbocycles. The van der Waals surface area contributed by atoms with Crippen molar-refractivity contribution in [1.82, 2.24) is 14.8 Å². The van der Waals surface area contributed by atoms with Gasteiger partial charge in [-0.3, -0.25) is 4.98 Å². The molecule has 0 saturated heterocycles. The largest absolute Gasteiger partial charge is 0.326 e. The Balaban J connectivity index is 2.67. The molecule has 0 aliphatic rings. The minimum Gasteiger partial charge on any atom is -0.326 e. The van der Waals surface area contributed by atoms with Crippen molar-refractivity contribution in [3.8, 4) is 5.69 Å². The van der Waals surface area contributed by atoms with E-state index in [0.717, 1.165) is 28.3 Å². The molecule has 90 valence electrons. The number of aryl methyl sites for hydroxylation is 2. The SMILES string of the molecule is Cc1cc(-n2nc(C)c(C)c2C)c(CN)cn1. The van der Waals surface area contributed by atoms with Crippen LogP contribution in [0.1, 0.15) is 28.2 Å². The number of hydrogen-bond acceptors (Lipinski definition) is 3. The van der Waals surface area contributed by atoms with Crippen molar-refractivity contribution in [2.24, 2.45) is 5.73 Å². The molecular formula is C13H18N4. The van der Waals surface area contributed by atoms with Gasteiger partial charge >= 0.3 is 0 Å². The molecule has 2 N–H and O–H groups in total. The van der Waals surface area contributed by atoms with Gasteiger partial charge in [0.25, 0.3) is 0 Å². The molecule has 17 heavy (non-hydrogen) atoms. The van der Waals surface area contributed by atoms with Crippen molar-refractivity contribution in [3.05, 3.63) is 40.5 Å². The first-order chi connectivity index (χ1) is 8.04. The fourth-order valence-corrected chi connectivity index (χ4v) is 1.88. The van der Waals surface area contributed by atoms with E-state index >= 15 is 0 Å². The highest BCUT2D eigenvalue weighted by atomic mass is 15.3. The molecule has 0 spiro atoms. The Labute approximate surface area is 101 Å². The van der Waals surface area contributed by atoms with Crippen molar-refractivity contribution >= 4 is 0 Å². The number of rotatable bonds is 2. The second-order valence-corrected chi connectivity index (χ2v) is 4.37. The predicted octanol–water partition coefficient (Wildman–Crippen LogP) is 1.96. The lowest BCUT2D eigenvalue weighted by Crippen LogP contribution is -2.08. The lowest BCUT2D eigenvalue weighted by Gasteiger charge is -2.10. The van der Waals surface area contributed by atoms with Gasteiger partial charge in [0.05, 0.1) is 11.4 Å². The Morgan fingerprint density at radius 1 is 1.24 bits per heavy atom. The third kappa shape index (κ3) is 1.96. The molecule has 0 radical (unpaired) electrons. The summed E-state index contributed by atoms with van der Waals surface area (Å²) in [7, 11) is 0. The van der Waals surface area contributed by atoms with Gasteiger partial charge in [-0.25, -0.2) is 4.68 Å². The smallest absolute Gasteiger partial charge is 0.0727 e. The molecule has 2 rings (SSSR count). The lowest BCUT2D eigenvalue weighted by atomic mass is 10.2. The molecule has 0 aliphatic heterocycles. The van der Waals surface area contributed by atoms with Crippen LogP contribution in [0.5, 0.6) is 0 Å². The number of aromatic nitrogens is 3. The zero-order valence-electron chi connectivity index (χ0n) is 10.8. The highest BCUT2D eigenvalue weighted by molar-refractivity contribution is 5.43. The van der Waals surface area contributed by atoms with E-state index < -0.39 is 0 Å². The summed E-state index contributed by atoms with van der Waals surface area (Å²) in [5, 5.41) is 4.56. The van der Waals surface area contributed by atoms with Gasteiger partial charge in [-0.2, -0.15) is 5.10 Å². The molecule has 2 aromatic heterocycles. The molecule has 0 unspecified atom stereocenters. The molecular weight excluding hydrogens is 212 g/mol. The van der Waals surface area contributed by atoms with Gasteiger partial charge in [-0.15, -0.1) is 0 Å². The van der Waals surface area contributed by atoms with Crippen LogP contribution in [0.4, 0.5) is 0 Å². The van der Waals surface area contributed by atoms with Crippen LogP contribution in [0.3, 0.4) is 0 Å². The fourth-order valence-electron chi connectivity index (χ4n) is 1.88. The standard InChI is InChI=1S/C13H18N4/c1-8-5-13(12(6-14)7-15-8)17-11(4)9(2)10(3)16-17/h5,7H,6,14H2,1-4H3. The first kappa shape index (κ1) is 11.8. The van der Waals surface area contributed by atoms with Crippen LogP contribution < -0.4 is 5.73 Å². The summed E-state index contributed by atoms with van der Waals surface area (Å²) in [6.45, 7) is 8.63. The predicted molar refractivity (Wildman–Crippen MR) is 68.2 cm³/mol. The zero-order chi connectivity index (χ0) is 12.6. The molecule has 0 bridgehead atoms. The molecule has 2 heterocycles.